The fourth-order valence-electron chi connectivity index (χ4n) is 1.38. The van der Waals surface area contributed by atoms with Crippen molar-refractivity contribution in [2.45, 2.75) is 58.0 Å². The molecule has 1 unspecified atom stereocenters. The van der Waals surface area contributed by atoms with E-state index in [1.807, 2.05) is 0 Å². The van der Waals surface area contributed by atoms with Crippen LogP contribution in [0.25, 0.3) is 10.4 Å². The number of aliphatic hydroxyl groups excluding tert-OH is 1. The van der Waals surface area contributed by atoms with Gasteiger partial charge in [0.25, 0.3) is 0 Å². The lowest BCUT2D eigenvalue weighted by molar-refractivity contribution is 0.168. The molecule has 0 heterocycles. The quantitative estimate of drug-likeness (QED) is 0.263. The van der Waals surface area contributed by atoms with Crippen molar-refractivity contribution in [1.29, 1.82) is 0 Å². The van der Waals surface area contributed by atoms with Crippen molar-refractivity contribution in [2.75, 3.05) is 6.54 Å². The van der Waals surface area contributed by atoms with Gasteiger partial charge >= 0.3 is 0 Å². The second kappa shape index (κ2) is 10.4. The van der Waals surface area contributed by atoms with E-state index in [9.17, 15) is 5.11 Å². The molecule has 0 radical (unpaired) electrons. The molecule has 0 aromatic carbocycles. The molecule has 1 atom stereocenters. The van der Waals surface area contributed by atoms with Gasteiger partial charge in [-0.25, -0.2) is 0 Å². The lowest BCUT2D eigenvalue weighted by Crippen LogP contribution is -2.09. The predicted molar refractivity (Wildman–Crippen MR) is 58.0 cm³/mol. The maximum Gasteiger partial charge on any atom is 0.0596 e. The monoisotopic (exact) mass is 199 g/mol. The summed E-state index contributed by atoms with van der Waals surface area (Å²) in [6.45, 7) is 2.41. The topological polar surface area (TPSA) is 69.0 Å². The van der Waals surface area contributed by atoms with Crippen molar-refractivity contribution in [2.24, 2.45) is 5.11 Å². The number of rotatable bonds is 9. The van der Waals surface area contributed by atoms with Crippen LogP contribution >= 0.6 is 0 Å². The molecule has 0 bridgehead atoms. The van der Waals surface area contributed by atoms with Gasteiger partial charge in [0, 0.05) is 4.91 Å². The van der Waals surface area contributed by atoms with E-state index in [0.717, 1.165) is 12.8 Å². The van der Waals surface area contributed by atoms with Crippen LogP contribution in [0.15, 0.2) is 5.11 Å². The van der Waals surface area contributed by atoms with E-state index < -0.39 is 6.10 Å². The summed E-state index contributed by atoms with van der Waals surface area (Å²) in [7, 11) is 0. The number of aliphatic hydroxyl groups is 1. The van der Waals surface area contributed by atoms with Crippen molar-refractivity contribution >= 4 is 0 Å². The number of unbranched alkanes of at least 4 members (excludes halogenated alkanes) is 5. The van der Waals surface area contributed by atoms with Crippen LogP contribution in [-0.4, -0.2) is 17.8 Å². The highest BCUT2D eigenvalue weighted by molar-refractivity contribution is 4.59. The Bertz CT molecular complexity index is 167. The third-order valence-electron chi connectivity index (χ3n) is 2.25. The van der Waals surface area contributed by atoms with E-state index in [2.05, 4.69) is 16.9 Å². The minimum absolute atomic E-state index is 0.214. The average Bonchev–Trinajstić information content (AvgIpc) is 2.20. The Hall–Kier alpha value is -0.730. The van der Waals surface area contributed by atoms with E-state index in [4.69, 9.17) is 5.53 Å². The van der Waals surface area contributed by atoms with E-state index in [1.165, 1.54) is 32.1 Å². The smallest absolute Gasteiger partial charge is 0.0596 e. The van der Waals surface area contributed by atoms with Crippen molar-refractivity contribution in [1.82, 2.24) is 0 Å². The van der Waals surface area contributed by atoms with Gasteiger partial charge in [-0.05, 0) is 12.0 Å². The first-order valence-corrected chi connectivity index (χ1v) is 5.50. The highest BCUT2D eigenvalue weighted by Crippen LogP contribution is 2.08. The van der Waals surface area contributed by atoms with Crippen molar-refractivity contribution in [3.05, 3.63) is 10.4 Å². The Morgan fingerprint density at radius 3 is 2.50 bits per heavy atom. The molecular weight excluding hydrogens is 178 g/mol. The molecule has 0 fully saturated rings. The molecule has 0 amide bonds. The second-order valence-corrected chi connectivity index (χ2v) is 3.62. The molecule has 1 N–H and O–H groups in total. The fraction of sp³-hybridized carbons (Fsp3) is 1.00. The molecule has 0 saturated heterocycles. The van der Waals surface area contributed by atoms with E-state index in [1.54, 1.807) is 0 Å². The molecular formula is C10H21N3O. The van der Waals surface area contributed by atoms with Crippen LogP contribution in [0.4, 0.5) is 0 Å². The standard InChI is InChI=1S/C10H21N3O/c1-2-3-4-5-6-7-8-10(14)9-12-13-11/h10,14H,2-9H2,1H3. The molecule has 0 aliphatic rings. The molecule has 0 aromatic heterocycles. The Balaban J connectivity index is 3.14. The Labute approximate surface area is 86.0 Å². The predicted octanol–water partition coefficient (Wildman–Crippen LogP) is 3.41. The summed E-state index contributed by atoms with van der Waals surface area (Å²) in [6, 6.07) is 0. The van der Waals surface area contributed by atoms with E-state index >= 15 is 0 Å². The van der Waals surface area contributed by atoms with E-state index in [-0.39, 0.29) is 6.54 Å². The molecule has 4 nitrogen and oxygen atoms in total. The summed E-state index contributed by atoms with van der Waals surface area (Å²) in [5, 5.41) is 12.6. The van der Waals surface area contributed by atoms with Crippen LogP contribution in [0.3, 0.4) is 0 Å². The zero-order valence-electron chi connectivity index (χ0n) is 9.02. The highest BCUT2D eigenvalue weighted by atomic mass is 16.3. The maximum atomic E-state index is 9.32. The Morgan fingerprint density at radius 1 is 1.21 bits per heavy atom. The molecule has 0 saturated carbocycles. The zero-order chi connectivity index (χ0) is 10.6. The van der Waals surface area contributed by atoms with Gasteiger partial charge in [-0.1, -0.05) is 50.6 Å². The normalized spacial score (nSPS) is 12.1. The van der Waals surface area contributed by atoms with Gasteiger partial charge in [0.1, 0.15) is 0 Å². The number of hydrogen-bond donors (Lipinski definition) is 1. The zero-order valence-corrected chi connectivity index (χ0v) is 9.02. The average molecular weight is 199 g/mol. The van der Waals surface area contributed by atoms with Crippen LogP contribution in [0.2, 0.25) is 0 Å². The first-order valence-electron chi connectivity index (χ1n) is 5.50. The molecule has 0 aliphatic carbocycles. The SMILES string of the molecule is CCCCCCCCC(O)CN=[N+]=[N-]. The largest absolute Gasteiger partial charge is 0.393 e. The van der Waals surface area contributed by atoms with Crippen LogP contribution in [0, 0.1) is 0 Å². The van der Waals surface area contributed by atoms with Crippen LogP contribution in [-0.2, 0) is 0 Å². The molecule has 0 aromatic rings. The number of hydrogen-bond acceptors (Lipinski definition) is 2. The van der Waals surface area contributed by atoms with Crippen molar-refractivity contribution in [3.63, 3.8) is 0 Å². The first kappa shape index (κ1) is 13.3. The van der Waals surface area contributed by atoms with Gasteiger partial charge in [0.05, 0.1) is 12.6 Å². The summed E-state index contributed by atoms with van der Waals surface area (Å²) in [5.74, 6) is 0. The van der Waals surface area contributed by atoms with Gasteiger partial charge in [0.2, 0.25) is 0 Å². The Morgan fingerprint density at radius 2 is 1.86 bits per heavy atom. The Kier molecular flexibility index (Phi) is 9.81. The van der Waals surface area contributed by atoms with Crippen LogP contribution < -0.4 is 0 Å². The molecule has 14 heavy (non-hydrogen) atoms. The summed E-state index contributed by atoms with van der Waals surface area (Å²) >= 11 is 0. The van der Waals surface area contributed by atoms with Gasteiger partial charge in [-0.15, -0.1) is 0 Å². The lowest BCUT2D eigenvalue weighted by atomic mass is 10.1. The van der Waals surface area contributed by atoms with Crippen molar-refractivity contribution < 1.29 is 5.11 Å². The van der Waals surface area contributed by atoms with Gasteiger partial charge < -0.3 is 5.11 Å². The molecule has 0 aliphatic heterocycles. The van der Waals surface area contributed by atoms with Gasteiger partial charge in [-0.3, -0.25) is 0 Å². The molecule has 4 heteroatoms. The number of azide groups is 1. The number of nitrogens with zero attached hydrogens (tertiary/aromatic N) is 3. The third-order valence-corrected chi connectivity index (χ3v) is 2.25. The third kappa shape index (κ3) is 9.36. The molecule has 82 valence electrons. The van der Waals surface area contributed by atoms with Gasteiger partial charge in [-0.2, -0.15) is 0 Å². The lowest BCUT2D eigenvalue weighted by Gasteiger charge is -2.06. The highest BCUT2D eigenvalue weighted by Gasteiger charge is 2.01. The minimum Gasteiger partial charge on any atom is -0.393 e. The second-order valence-electron chi connectivity index (χ2n) is 3.62. The van der Waals surface area contributed by atoms with Crippen LogP contribution in [0.5, 0.6) is 0 Å². The van der Waals surface area contributed by atoms with Gasteiger partial charge in [0.15, 0.2) is 0 Å². The van der Waals surface area contributed by atoms with Crippen molar-refractivity contribution in [3.8, 4) is 0 Å². The molecule has 0 spiro atoms. The van der Waals surface area contributed by atoms with E-state index in [0.29, 0.717) is 0 Å². The van der Waals surface area contributed by atoms with Crippen LogP contribution in [0.1, 0.15) is 51.9 Å². The maximum absolute atomic E-state index is 9.32. The summed E-state index contributed by atoms with van der Waals surface area (Å²) in [6.07, 6.45) is 7.63. The minimum atomic E-state index is -0.447. The summed E-state index contributed by atoms with van der Waals surface area (Å²) in [5.41, 5.74) is 8.03. The summed E-state index contributed by atoms with van der Waals surface area (Å²) in [4.78, 5) is 2.61. The fourth-order valence-corrected chi connectivity index (χ4v) is 1.38. The summed E-state index contributed by atoms with van der Waals surface area (Å²) < 4.78 is 0. The first-order chi connectivity index (χ1) is 6.81. The molecule has 0 rings (SSSR count).